The first kappa shape index (κ1) is 14.1. The molecule has 1 aromatic rings. The van der Waals surface area contributed by atoms with Crippen LogP contribution in [-0.4, -0.2) is 11.8 Å². The molecule has 0 N–H and O–H groups in total. The highest BCUT2D eigenvalue weighted by molar-refractivity contribution is 6.22. The van der Waals surface area contributed by atoms with Crippen LogP contribution in [0.3, 0.4) is 0 Å². The molecule has 1 saturated heterocycles. The summed E-state index contributed by atoms with van der Waals surface area (Å²) in [6.07, 6.45) is 1.45. The molecule has 1 aliphatic carbocycles. The van der Waals surface area contributed by atoms with Crippen molar-refractivity contribution in [1.82, 2.24) is 0 Å². The van der Waals surface area contributed by atoms with Gasteiger partial charge in [0.15, 0.2) is 0 Å². The Hall–Kier alpha value is -1.90. The number of aryl methyl sites for hydroxylation is 1. The molecule has 1 heterocycles. The van der Waals surface area contributed by atoms with E-state index in [2.05, 4.69) is 13.8 Å². The Morgan fingerprint density at radius 2 is 1.43 bits per heavy atom. The third-order valence-corrected chi connectivity index (χ3v) is 5.16. The minimum atomic E-state index is -0.166. The van der Waals surface area contributed by atoms with Gasteiger partial charge in [-0.1, -0.05) is 23.3 Å². The lowest BCUT2D eigenvalue weighted by molar-refractivity contribution is -0.122. The zero-order chi connectivity index (χ0) is 15.3. The van der Waals surface area contributed by atoms with Crippen molar-refractivity contribution in [2.24, 2.45) is 11.8 Å². The highest BCUT2D eigenvalue weighted by Gasteiger charge is 2.49. The Labute approximate surface area is 125 Å². The SMILES string of the molecule is CC1=C(C)C[C@@H]2C(=O)N(c3cccc(C)c3C)C(=O)[C@H]2C1. The lowest BCUT2D eigenvalue weighted by Crippen LogP contribution is -2.31. The molecule has 0 aromatic heterocycles. The molecule has 2 aliphatic rings. The molecule has 3 heteroatoms. The molecular weight excluding hydrogens is 262 g/mol. The first-order chi connectivity index (χ1) is 9.91. The van der Waals surface area contributed by atoms with E-state index >= 15 is 0 Å². The Kier molecular flexibility index (Phi) is 3.23. The molecule has 0 bridgehead atoms. The maximum absolute atomic E-state index is 12.7. The zero-order valence-corrected chi connectivity index (χ0v) is 13.1. The first-order valence-corrected chi connectivity index (χ1v) is 7.51. The van der Waals surface area contributed by atoms with Gasteiger partial charge in [0, 0.05) is 0 Å². The van der Waals surface area contributed by atoms with Crippen LogP contribution in [0.5, 0.6) is 0 Å². The predicted molar refractivity (Wildman–Crippen MR) is 83.0 cm³/mol. The van der Waals surface area contributed by atoms with Crippen LogP contribution in [-0.2, 0) is 9.59 Å². The smallest absolute Gasteiger partial charge is 0.238 e. The molecule has 0 radical (unpaired) electrons. The van der Waals surface area contributed by atoms with E-state index in [9.17, 15) is 9.59 Å². The van der Waals surface area contributed by atoms with Gasteiger partial charge in [0.25, 0.3) is 0 Å². The summed E-state index contributed by atoms with van der Waals surface area (Å²) in [4.78, 5) is 26.9. The van der Waals surface area contributed by atoms with E-state index in [-0.39, 0.29) is 23.7 Å². The number of carbonyl (C=O) groups is 2. The van der Waals surface area contributed by atoms with Crippen molar-refractivity contribution in [2.75, 3.05) is 4.90 Å². The van der Waals surface area contributed by atoms with E-state index in [1.807, 2.05) is 32.0 Å². The highest BCUT2D eigenvalue weighted by Crippen LogP contribution is 2.42. The fourth-order valence-electron chi connectivity index (χ4n) is 3.47. The van der Waals surface area contributed by atoms with Crippen LogP contribution in [0.2, 0.25) is 0 Å². The maximum Gasteiger partial charge on any atom is 0.238 e. The van der Waals surface area contributed by atoms with Crippen molar-refractivity contribution >= 4 is 17.5 Å². The number of nitrogens with zero attached hydrogens (tertiary/aromatic N) is 1. The number of benzene rings is 1. The Balaban J connectivity index is 2.02. The molecule has 1 aliphatic heterocycles. The summed E-state index contributed by atoms with van der Waals surface area (Å²) >= 11 is 0. The summed E-state index contributed by atoms with van der Waals surface area (Å²) in [6.45, 7) is 8.13. The van der Waals surface area contributed by atoms with Gasteiger partial charge in [0.1, 0.15) is 0 Å². The lowest BCUT2D eigenvalue weighted by atomic mass is 9.78. The van der Waals surface area contributed by atoms with Gasteiger partial charge in [-0.15, -0.1) is 0 Å². The fourth-order valence-corrected chi connectivity index (χ4v) is 3.47. The van der Waals surface area contributed by atoms with Crippen LogP contribution in [0.15, 0.2) is 29.3 Å². The summed E-state index contributed by atoms with van der Waals surface area (Å²) in [5.74, 6) is -0.377. The number of allylic oxidation sites excluding steroid dienone is 2. The summed E-state index contributed by atoms with van der Waals surface area (Å²) in [6, 6.07) is 5.80. The normalized spacial score (nSPS) is 25.6. The molecule has 3 nitrogen and oxygen atoms in total. The van der Waals surface area contributed by atoms with E-state index in [1.54, 1.807) is 0 Å². The maximum atomic E-state index is 12.7. The van der Waals surface area contributed by atoms with E-state index in [0.29, 0.717) is 0 Å². The van der Waals surface area contributed by atoms with Crippen molar-refractivity contribution in [1.29, 1.82) is 0 Å². The third kappa shape index (κ3) is 2.03. The molecule has 1 fully saturated rings. The quantitative estimate of drug-likeness (QED) is 0.584. The minimum Gasteiger partial charge on any atom is -0.274 e. The van der Waals surface area contributed by atoms with E-state index in [1.165, 1.54) is 16.0 Å². The number of imide groups is 1. The summed E-state index contributed by atoms with van der Waals surface area (Å²) in [5, 5.41) is 0. The molecule has 3 rings (SSSR count). The summed E-state index contributed by atoms with van der Waals surface area (Å²) in [7, 11) is 0. The number of hydrogen-bond donors (Lipinski definition) is 0. The summed E-state index contributed by atoms with van der Waals surface area (Å²) < 4.78 is 0. The van der Waals surface area contributed by atoms with Gasteiger partial charge in [-0.2, -0.15) is 0 Å². The average Bonchev–Trinajstić information content (AvgIpc) is 2.67. The van der Waals surface area contributed by atoms with Gasteiger partial charge in [-0.3, -0.25) is 9.59 Å². The second-order valence-electron chi connectivity index (χ2n) is 6.41. The molecule has 0 saturated carbocycles. The second-order valence-corrected chi connectivity index (χ2v) is 6.41. The molecule has 0 unspecified atom stereocenters. The number of carbonyl (C=O) groups excluding carboxylic acids is 2. The van der Waals surface area contributed by atoms with Gasteiger partial charge in [0.2, 0.25) is 11.8 Å². The van der Waals surface area contributed by atoms with Crippen LogP contribution in [0.25, 0.3) is 0 Å². The molecular formula is C18H21NO2. The molecule has 2 amide bonds. The number of fused-ring (bicyclic) bond motifs is 1. The van der Waals surface area contributed by atoms with Gasteiger partial charge < -0.3 is 0 Å². The third-order valence-electron chi connectivity index (χ3n) is 5.16. The largest absolute Gasteiger partial charge is 0.274 e. The van der Waals surface area contributed by atoms with Crippen LogP contribution >= 0.6 is 0 Å². The monoisotopic (exact) mass is 283 g/mol. The number of hydrogen-bond acceptors (Lipinski definition) is 2. The standard InChI is InChI=1S/C18H21NO2/c1-10-6-5-7-16(13(10)4)19-17(20)14-8-11(2)12(3)9-15(14)18(19)21/h5-7,14-15H,8-9H2,1-4H3/t14-,15-/m0/s1. The van der Waals surface area contributed by atoms with Crippen molar-refractivity contribution < 1.29 is 9.59 Å². The van der Waals surface area contributed by atoms with Crippen LogP contribution in [0, 0.1) is 25.7 Å². The van der Waals surface area contributed by atoms with Gasteiger partial charge in [-0.05, 0) is 57.7 Å². The van der Waals surface area contributed by atoms with Crippen molar-refractivity contribution in [2.45, 2.75) is 40.5 Å². The summed E-state index contributed by atoms with van der Waals surface area (Å²) in [5.41, 5.74) is 5.41. The van der Waals surface area contributed by atoms with E-state index < -0.39 is 0 Å². The van der Waals surface area contributed by atoms with Gasteiger partial charge in [0.05, 0.1) is 17.5 Å². The number of anilines is 1. The molecule has 21 heavy (non-hydrogen) atoms. The van der Waals surface area contributed by atoms with Gasteiger partial charge in [-0.25, -0.2) is 4.90 Å². The van der Waals surface area contributed by atoms with E-state index in [4.69, 9.17) is 0 Å². The fraction of sp³-hybridized carbons (Fsp3) is 0.444. The van der Waals surface area contributed by atoms with Crippen molar-refractivity contribution in [3.63, 3.8) is 0 Å². The van der Waals surface area contributed by atoms with Crippen LogP contribution < -0.4 is 4.90 Å². The van der Waals surface area contributed by atoms with E-state index in [0.717, 1.165) is 29.7 Å². The molecule has 110 valence electrons. The van der Waals surface area contributed by atoms with Crippen LogP contribution in [0.1, 0.15) is 37.8 Å². The first-order valence-electron chi connectivity index (χ1n) is 7.51. The topological polar surface area (TPSA) is 37.4 Å². The average molecular weight is 283 g/mol. The second kappa shape index (κ2) is 4.83. The molecule has 1 aromatic carbocycles. The molecule has 0 spiro atoms. The van der Waals surface area contributed by atoms with Crippen molar-refractivity contribution in [3.8, 4) is 0 Å². The minimum absolute atomic E-state index is 0.0226. The zero-order valence-electron chi connectivity index (χ0n) is 13.1. The number of rotatable bonds is 1. The number of amides is 2. The predicted octanol–water partition coefficient (Wildman–Crippen LogP) is 3.54. The Bertz CT molecular complexity index is 640. The Morgan fingerprint density at radius 1 is 0.905 bits per heavy atom. The molecule has 2 atom stereocenters. The van der Waals surface area contributed by atoms with Crippen molar-refractivity contribution in [3.05, 3.63) is 40.5 Å². The van der Waals surface area contributed by atoms with Gasteiger partial charge >= 0.3 is 0 Å². The highest BCUT2D eigenvalue weighted by atomic mass is 16.2. The lowest BCUT2D eigenvalue weighted by Gasteiger charge is -2.23. The van der Waals surface area contributed by atoms with Crippen LogP contribution in [0.4, 0.5) is 5.69 Å². The Morgan fingerprint density at radius 3 is 1.95 bits per heavy atom.